The van der Waals surface area contributed by atoms with Crippen LogP contribution in [0.5, 0.6) is 0 Å². The summed E-state index contributed by atoms with van der Waals surface area (Å²) in [5.74, 6) is 1.23. The summed E-state index contributed by atoms with van der Waals surface area (Å²) in [4.78, 5) is 25.7. The van der Waals surface area contributed by atoms with E-state index in [1.165, 1.54) is 0 Å². The molecule has 2 N–H and O–H groups in total. The van der Waals surface area contributed by atoms with Crippen LogP contribution in [0.3, 0.4) is 0 Å². The molecular formula is C20H21N5O2. The number of fused-ring (bicyclic) bond motifs is 3. The van der Waals surface area contributed by atoms with Gasteiger partial charge in [-0.15, -0.1) is 0 Å². The van der Waals surface area contributed by atoms with Gasteiger partial charge in [-0.05, 0) is 20.2 Å². The maximum absolute atomic E-state index is 12.9. The Morgan fingerprint density at radius 1 is 0.963 bits per heavy atom. The molecule has 0 aliphatic heterocycles. The number of hydrogen-bond donors (Lipinski definition) is 1. The minimum atomic E-state index is -0.102. The summed E-state index contributed by atoms with van der Waals surface area (Å²) in [6.07, 6.45) is 0. The van der Waals surface area contributed by atoms with E-state index in [2.05, 4.69) is 14.9 Å². The number of nitrogen functional groups attached to an aromatic ring is 1. The summed E-state index contributed by atoms with van der Waals surface area (Å²) in [6, 6.07) is 11.1. The number of hydrogen-bond acceptors (Lipinski definition) is 7. The second kappa shape index (κ2) is 6.51. The highest BCUT2D eigenvalue weighted by Crippen LogP contribution is 2.40. The average molecular weight is 363 g/mol. The number of anilines is 2. The summed E-state index contributed by atoms with van der Waals surface area (Å²) in [5.41, 5.74) is 8.77. The van der Waals surface area contributed by atoms with Gasteiger partial charge in [0.15, 0.2) is 17.4 Å². The quantitative estimate of drug-likeness (QED) is 0.583. The van der Waals surface area contributed by atoms with Crippen molar-refractivity contribution in [3.05, 3.63) is 47.5 Å². The number of rotatable bonds is 5. The van der Waals surface area contributed by atoms with Crippen molar-refractivity contribution in [2.75, 3.05) is 44.9 Å². The Hall–Kier alpha value is -3.19. The Labute approximate surface area is 157 Å². The zero-order valence-corrected chi connectivity index (χ0v) is 15.6. The average Bonchev–Trinajstić information content (AvgIpc) is 3.24. The standard InChI is InChI=1S/C20H21N5O2/c1-24(2)10-11-25(3)15-9-8-14(27-15)18-16-17(22-20(21)23-18)12-6-4-5-7-13(12)19(16)26/h4-9H,10-11H2,1-3H3,(H2,21,22,23). The first-order valence-corrected chi connectivity index (χ1v) is 8.73. The highest BCUT2D eigenvalue weighted by molar-refractivity contribution is 6.23. The number of carbonyl (C=O) groups excluding carboxylic acids is 1. The highest BCUT2D eigenvalue weighted by Gasteiger charge is 2.33. The van der Waals surface area contributed by atoms with E-state index in [1.54, 1.807) is 6.07 Å². The number of ketones is 1. The van der Waals surface area contributed by atoms with E-state index in [4.69, 9.17) is 10.2 Å². The van der Waals surface area contributed by atoms with Gasteiger partial charge in [-0.25, -0.2) is 9.97 Å². The number of benzene rings is 1. The van der Waals surface area contributed by atoms with Crippen molar-refractivity contribution in [3.63, 3.8) is 0 Å². The minimum Gasteiger partial charge on any atom is -0.439 e. The van der Waals surface area contributed by atoms with Crippen molar-refractivity contribution in [3.8, 4) is 22.7 Å². The monoisotopic (exact) mass is 363 g/mol. The third kappa shape index (κ3) is 2.96. The summed E-state index contributed by atoms with van der Waals surface area (Å²) in [7, 11) is 6.02. The summed E-state index contributed by atoms with van der Waals surface area (Å²) >= 11 is 0. The number of likely N-dealkylation sites (N-methyl/N-ethyl adjacent to an activating group) is 2. The maximum Gasteiger partial charge on any atom is 0.221 e. The van der Waals surface area contributed by atoms with Gasteiger partial charge >= 0.3 is 0 Å². The van der Waals surface area contributed by atoms with Crippen LogP contribution in [0.15, 0.2) is 40.8 Å². The van der Waals surface area contributed by atoms with E-state index in [1.807, 2.05) is 56.4 Å². The van der Waals surface area contributed by atoms with Gasteiger partial charge in [0.2, 0.25) is 5.95 Å². The number of carbonyl (C=O) groups is 1. The lowest BCUT2D eigenvalue weighted by Gasteiger charge is -2.18. The normalized spacial score (nSPS) is 12.4. The molecule has 0 radical (unpaired) electrons. The van der Waals surface area contributed by atoms with Crippen molar-refractivity contribution in [2.24, 2.45) is 0 Å². The van der Waals surface area contributed by atoms with Crippen LogP contribution in [0.1, 0.15) is 15.9 Å². The van der Waals surface area contributed by atoms with Gasteiger partial charge in [-0.2, -0.15) is 0 Å². The van der Waals surface area contributed by atoms with Gasteiger partial charge in [0.05, 0.1) is 11.3 Å². The second-order valence-corrected chi connectivity index (χ2v) is 6.89. The molecule has 2 aromatic heterocycles. The topological polar surface area (TPSA) is 88.5 Å². The molecule has 138 valence electrons. The molecule has 0 saturated carbocycles. The molecule has 1 aliphatic rings. The maximum atomic E-state index is 12.9. The summed E-state index contributed by atoms with van der Waals surface area (Å²) in [6.45, 7) is 1.71. The summed E-state index contributed by atoms with van der Waals surface area (Å²) in [5, 5.41) is 0. The lowest BCUT2D eigenvalue weighted by molar-refractivity contribution is 0.104. The number of nitrogens with two attached hydrogens (primary N) is 1. The smallest absolute Gasteiger partial charge is 0.221 e. The van der Waals surface area contributed by atoms with Gasteiger partial charge in [0.1, 0.15) is 5.69 Å². The van der Waals surface area contributed by atoms with E-state index in [9.17, 15) is 4.79 Å². The molecule has 7 nitrogen and oxygen atoms in total. The van der Waals surface area contributed by atoms with E-state index in [0.29, 0.717) is 34.2 Å². The molecule has 27 heavy (non-hydrogen) atoms. The van der Waals surface area contributed by atoms with Crippen molar-refractivity contribution < 1.29 is 9.21 Å². The highest BCUT2D eigenvalue weighted by atomic mass is 16.4. The Kier molecular flexibility index (Phi) is 4.16. The number of furan rings is 1. The molecule has 3 aromatic rings. The van der Waals surface area contributed by atoms with Gasteiger partial charge in [0.25, 0.3) is 0 Å². The molecule has 0 bridgehead atoms. The molecule has 0 saturated heterocycles. The van der Waals surface area contributed by atoms with Crippen molar-refractivity contribution in [2.45, 2.75) is 0 Å². The number of nitrogens with zero attached hydrogens (tertiary/aromatic N) is 4. The van der Waals surface area contributed by atoms with Crippen LogP contribution in [-0.2, 0) is 0 Å². The van der Waals surface area contributed by atoms with Crippen LogP contribution < -0.4 is 10.6 Å². The first-order chi connectivity index (χ1) is 13.0. The van der Waals surface area contributed by atoms with Crippen LogP contribution in [0.4, 0.5) is 11.8 Å². The first-order valence-electron chi connectivity index (χ1n) is 8.73. The fourth-order valence-corrected chi connectivity index (χ4v) is 3.21. The molecule has 7 heteroatoms. The van der Waals surface area contributed by atoms with E-state index in [0.717, 1.165) is 18.7 Å². The van der Waals surface area contributed by atoms with Crippen LogP contribution in [-0.4, -0.2) is 54.9 Å². The van der Waals surface area contributed by atoms with Crippen LogP contribution in [0.2, 0.25) is 0 Å². The molecule has 1 aromatic carbocycles. The third-order valence-electron chi connectivity index (χ3n) is 4.66. The molecule has 4 rings (SSSR count). The van der Waals surface area contributed by atoms with Crippen molar-refractivity contribution in [1.29, 1.82) is 0 Å². The first kappa shape index (κ1) is 17.2. The Morgan fingerprint density at radius 2 is 1.67 bits per heavy atom. The van der Waals surface area contributed by atoms with E-state index >= 15 is 0 Å². The van der Waals surface area contributed by atoms with Crippen LogP contribution in [0.25, 0.3) is 22.7 Å². The predicted octanol–water partition coefficient (Wildman–Crippen LogP) is 2.53. The predicted molar refractivity (Wildman–Crippen MR) is 105 cm³/mol. The molecule has 0 atom stereocenters. The van der Waals surface area contributed by atoms with E-state index < -0.39 is 0 Å². The fraction of sp³-hybridized carbons (Fsp3) is 0.250. The Bertz CT molecular complexity index is 1020. The largest absolute Gasteiger partial charge is 0.439 e. The molecular weight excluding hydrogens is 342 g/mol. The van der Waals surface area contributed by atoms with Crippen LogP contribution >= 0.6 is 0 Å². The molecule has 0 spiro atoms. The van der Waals surface area contributed by atoms with Gasteiger partial charge < -0.3 is 20.0 Å². The van der Waals surface area contributed by atoms with Crippen molar-refractivity contribution >= 4 is 17.6 Å². The van der Waals surface area contributed by atoms with E-state index in [-0.39, 0.29) is 11.7 Å². The SMILES string of the molecule is CN(C)CCN(C)c1ccc(-c2nc(N)nc3c2C(=O)c2ccccc2-3)o1. The fourth-order valence-electron chi connectivity index (χ4n) is 3.21. The zero-order valence-electron chi connectivity index (χ0n) is 15.6. The Balaban J connectivity index is 1.75. The lowest BCUT2D eigenvalue weighted by Crippen LogP contribution is -2.28. The summed E-state index contributed by atoms with van der Waals surface area (Å²) < 4.78 is 6.00. The molecule has 0 fully saturated rings. The molecule has 1 aliphatic carbocycles. The van der Waals surface area contributed by atoms with Gasteiger partial charge in [-0.1, -0.05) is 24.3 Å². The molecule has 0 unspecified atom stereocenters. The third-order valence-corrected chi connectivity index (χ3v) is 4.66. The van der Waals surface area contributed by atoms with Gasteiger partial charge in [-0.3, -0.25) is 4.79 Å². The zero-order chi connectivity index (χ0) is 19.1. The second-order valence-electron chi connectivity index (χ2n) is 6.89. The lowest BCUT2D eigenvalue weighted by atomic mass is 10.1. The minimum absolute atomic E-state index is 0.102. The molecule has 2 heterocycles. The number of aromatic nitrogens is 2. The molecule has 0 amide bonds. The van der Waals surface area contributed by atoms with Crippen molar-refractivity contribution in [1.82, 2.24) is 14.9 Å². The van der Waals surface area contributed by atoms with Crippen LogP contribution in [0, 0.1) is 0 Å². The Morgan fingerprint density at radius 3 is 2.41 bits per heavy atom. The van der Waals surface area contributed by atoms with Gasteiger partial charge in [0, 0.05) is 37.3 Å².